The average Bonchev–Trinajstić information content (AvgIpc) is 3.30. The number of carbonyl (C=O) groups excluding carboxylic acids is 2. The van der Waals surface area contributed by atoms with E-state index >= 15 is 0 Å². The van der Waals surface area contributed by atoms with Crippen LogP contribution in [0.5, 0.6) is 0 Å². The van der Waals surface area contributed by atoms with Crippen molar-refractivity contribution in [3.63, 3.8) is 0 Å². The van der Waals surface area contributed by atoms with Crippen LogP contribution >= 0.6 is 11.3 Å². The van der Waals surface area contributed by atoms with Gasteiger partial charge in [0.25, 0.3) is 0 Å². The number of likely N-dealkylation sites (tertiary alicyclic amines) is 1. The molecule has 1 saturated heterocycles. The summed E-state index contributed by atoms with van der Waals surface area (Å²) in [6.45, 7) is 0.804. The Bertz CT molecular complexity index is 713. The first-order chi connectivity index (χ1) is 11.7. The van der Waals surface area contributed by atoms with Crippen LogP contribution in [-0.4, -0.2) is 34.3 Å². The highest BCUT2D eigenvalue weighted by atomic mass is 32.1. The Kier molecular flexibility index (Phi) is 5.38. The van der Waals surface area contributed by atoms with E-state index in [1.165, 1.54) is 17.4 Å². The zero-order chi connectivity index (χ0) is 16.8. The molecule has 1 fully saturated rings. The molecule has 1 aromatic carbocycles. The summed E-state index contributed by atoms with van der Waals surface area (Å²) in [5.41, 5.74) is 3.39. The third-order valence-electron chi connectivity index (χ3n) is 3.88. The number of hydrogen-bond acceptors (Lipinski definition) is 5. The molecule has 5 nitrogen and oxygen atoms in total. The van der Waals surface area contributed by atoms with Crippen LogP contribution in [0.25, 0.3) is 6.08 Å². The number of ether oxygens (including phenoxy) is 1. The first-order valence-electron chi connectivity index (χ1n) is 7.81. The SMILES string of the molecule is O=C(OCc1ccccc1)C1CCCN1C(=O)/C=C/c1cscn1. The third-order valence-corrected chi connectivity index (χ3v) is 4.48. The van der Waals surface area contributed by atoms with Crippen LogP contribution in [0.2, 0.25) is 0 Å². The quantitative estimate of drug-likeness (QED) is 0.619. The highest BCUT2D eigenvalue weighted by Crippen LogP contribution is 2.20. The number of esters is 1. The second kappa shape index (κ2) is 7.88. The van der Waals surface area contributed by atoms with E-state index in [0.717, 1.165) is 17.7 Å². The van der Waals surface area contributed by atoms with Crippen LogP contribution in [0.1, 0.15) is 24.1 Å². The highest BCUT2D eigenvalue weighted by molar-refractivity contribution is 7.07. The molecule has 0 saturated carbocycles. The van der Waals surface area contributed by atoms with Crippen molar-refractivity contribution >= 4 is 29.3 Å². The Morgan fingerprint density at radius 1 is 1.33 bits per heavy atom. The lowest BCUT2D eigenvalue weighted by Crippen LogP contribution is -2.40. The number of benzene rings is 1. The summed E-state index contributed by atoms with van der Waals surface area (Å²) in [4.78, 5) is 30.3. The van der Waals surface area contributed by atoms with Crippen LogP contribution in [-0.2, 0) is 20.9 Å². The van der Waals surface area contributed by atoms with Crippen molar-refractivity contribution < 1.29 is 14.3 Å². The summed E-state index contributed by atoms with van der Waals surface area (Å²) >= 11 is 1.47. The third kappa shape index (κ3) is 4.08. The number of hydrogen-bond donors (Lipinski definition) is 0. The van der Waals surface area contributed by atoms with Gasteiger partial charge in [-0.2, -0.15) is 0 Å². The molecule has 1 aromatic heterocycles. The minimum absolute atomic E-state index is 0.179. The molecular weight excluding hydrogens is 324 g/mol. The number of aromatic nitrogens is 1. The van der Waals surface area contributed by atoms with Crippen LogP contribution in [0.15, 0.2) is 47.3 Å². The lowest BCUT2D eigenvalue weighted by Gasteiger charge is -2.21. The van der Waals surface area contributed by atoms with E-state index in [1.54, 1.807) is 16.5 Å². The van der Waals surface area contributed by atoms with Gasteiger partial charge in [-0.3, -0.25) is 4.79 Å². The summed E-state index contributed by atoms with van der Waals surface area (Å²) in [7, 11) is 0. The normalized spacial score (nSPS) is 17.3. The minimum atomic E-state index is -0.499. The van der Waals surface area contributed by atoms with E-state index in [0.29, 0.717) is 13.0 Å². The molecule has 124 valence electrons. The molecule has 1 aliphatic rings. The second-order valence-electron chi connectivity index (χ2n) is 5.53. The Labute approximate surface area is 144 Å². The van der Waals surface area contributed by atoms with Crippen molar-refractivity contribution in [2.24, 2.45) is 0 Å². The fourth-order valence-electron chi connectivity index (χ4n) is 2.66. The van der Waals surface area contributed by atoms with Gasteiger partial charge in [0.15, 0.2) is 0 Å². The molecule has 1 atom stereocenters. The van der Waals surface area contributed by atoms with E-state index in [4.69, 9.17) is 4.74 Å². The van der Waals surface area contributed by atoms with Gasteiger partial charge in [0.1, 0.15) is 12.6 Å². The summed E-state index contributed by atoms with van der Waals surface area (Å²) < 4.78 is 5.38. The molecular formula is C18H18N2O3S. The standard InChI is InChI=1S/C18H18N2O3S/c21-17(9-8-15-12-24-13-19-15)20-10-4-7-16(20)18(22)23-11-14-5-2-1-3-6-14/h1-3,5-6,8-9,12-13,16H,4,7,10-11H2/b9-8+. The first kappa shape index (κ1) is 16.4. The summed E-state index contributed by atoms with van der Waals surface area (Å²) in [5, 5.41) is 1.86. The van der Waals surface area contributed by atoms with Gasteiger partial charge in [-0.1, -0.05) is 30.3 Å². The molecule has 2 aromatic rings. The van der Waals surface area contributed by atoms with Gasteiger partial charge in [-0.05, 0) is 24.5 Å². The van der Waals surface area contributed by atoms with Crippen molar-refractivity contribution in [3.8, 4) is 0 Å². The average molecular weight is 342 g/mol. The monoisotopic (exact) mass is 342 g/mol. The molecule has 1 amide bonds. The van der Waals surface area contributed by atoms with E-state index in [1.807, 2.05) is 35.7 Å². The molecule has 6 heteroatoms. The van der Waals surface area contributed by atoms with E-state index in [2.05, 4.69) is 4.98 Å². The molecule has 24 heavy (non-hydrogen) atoms. The Balaban J connectivity index is 1.58. The van der Waals surface area contributed by atoms with Crippen LogP contribution in [0.3, 0.4) is 0 Å². The van der Waals surface area contributed by atoms with Gasteiger partial charge >= 0.3 is 5.97 Å². The van der Waals surface area contributed by atoms with Gasteiger partial charge in [0.2, 0.25) is 5.91 Å². The molecule has 1 aliphatic heterocycles. The van der Waals surface area contributed by atoms with Crippen molar-refractivity contribution in [3.05, 3.63) is 58.6 Å². The minimum Gasteiger partial charge on any atom is -0.459 e. The Morgan fingerprint density at radius 2 is 2.17 bits per heavy atom. The van der Waals surface area contributed by atoms with Gasteiger partial charge in [0, 0.05) is 18.0 Å². The zero-order valence-electron chi connectivity index (χ0n) is 13.1. The number of thiazole rings is 1. The number of carbonyl (C=O) groups is 2. The van der Waals surface area contributed by atoms with Crippen LogP contribution in [0, 0.1) is 0 Å². The molecule has 0 bridgehead atoms. The van der Waals surface area contributed by atoms with E-state index < -0.39 is 6.04 Å². The van der Waals surface area contributed by atoms with E-state index in [-0.39, 0.29) is 18.5 Å². The van der Waals surface area contributed by atoms with Crippen molar-refractivity contribution in [1.82, 2.24) is 9.88 Å². The van der Waals surface area contributed by atoms with Gasteiger partial charge in [-0.25, -0.2) is 9.78 Å². The number of amides is 1. The molecule has 1 unspecified atom stereocenters. The predicted octanol–water partition coefficient (Wildman–Crippen LogP) is 2.89. The lowest BCUT2D eigenvalue weighted by molar-refractivity contribution is -0.153. The fourth-order valence-corrected chi connectivity index (χ4v) is 3.18. The van der Waals surface area contributed by atoms with Crippen LogP contribution < -0.4 is 0 Å². The first-order valence-corrected chi connectivity index (χ1v) is 8.76. The summed E-state index contributed by atoms with van der Waals surface area (Å²) in [5.74, 6) is -0.520. The topological polar surface area (TPSA) is 59.5 Å². The molecule has 0 radical (unpaired) electrons. The fraction of sp³-hybridized carbons (Fsp3) is 0.278. The van der Waals surface area contributed by atoms with Crippen molar-refractivity contribution in [2.45, 2.75) is 25.5 Å². The summed E-state index contributed by atoms with van der Waals surface area (Å²) in [6.07, 6.45) is 4.59. The largest absolute Gasteiger partial charge is 0.459 e. The Morgan fingerprint density at radius 3 is 2.92 bits per heavy atom. The van der Waals surface area contributed by atoms with Crippen molar-refractivity contribution in [2.75, 3.05) is 6.54 Å². The van der Waals surface area contributed by atoms with E-state index in [9.17, 15) is 9.59 Å². The number of nitrogens with zero attached hydrogens (tertiary/aromatic N) is 2. The molecule has 0 N–H and O–H groups in total. The Hall–Kier alpha value is -2.47. The highest BCUT2D eigenvalue weighted by Gasteiger charge is 2.34. The van der Waals surface area contributed by atoms with Gasteiger partial charge in [-0.15, -0.1) is 11.3 Å². The maximum Gasteiger partial charge on any atom is 0.329 e. The maximum absolute atomic E-state index is 12.3. The lowest BCUT2D eigenvalue weighted by atomic mass is 10.2. The second-order valence-corrected chi connectivity index (χ2v) is 6.25. The molecule has 0 spiro atoms. The summed E-state index contributed by atoms with van der Waals surface area (Å²) in [6, 6.07) is 9.02. The molecule has 3 rings (SSSR count). The van der Waals surface area contributed by atoms with Crippen molar-refractivity contribution in [1.29, 1.82) is 0 Å². The molecule has 2 heterocycles. The number of rotatable bonds is 5. The maximum atomic E-state index is 12.3. The van der Waals surface area contributed by atoms with Crippen LogP contribution in [0.4, 0.5) is 0 Å². The molecule has 0 aliphatic carbocycles. The predicted molar refractivity (Wildman–Crippen MR) is 92.1 cm³/mol. The van der Waals surface area contributed by atoms with Gasteiger partial charge in [0.05, 0.1) is 11.2 Å². The zero-order valence-corrected chi connectivity index (χ0v) is 13.9. The smallest absolute Gasteiger partial charge is 0.329 e. The van der Waals surface area contributed by atoms with Gasteiger partial charge < -0.3 is 9.64 Å².